The van der Waals surface area contributed by atoms with E-state index in [-0.39, 0.29) is 23.6 Å². The van der Waals surface area contributed by atoms with E-state index in [0.717, 1.165) is 4.90 Å². The summed E-state index contributed by atoms with van der Waals surface area (Å²) in [4.78, 5) is 38.0. The Kier molecular flexibility index (Phi) is 5.03. The summed E-state index contributed by atoms with van der Waals surface area (Å²) >= 11 is 0. The van der Waals surface area contributed by atoms with Gasteiger partial charge in [0.15, 0.2) is 0 Å². The number of barbiturate groups is 1. The lowest BCUT2D eigenvalue weighted by atomic mass is 10.1. The van der Waals surface area contributed by atoms with E-state index in [2.05, 4.69) is 11.9 Å². The minimum absolute atomic E-state index is 0.0104. The molecule has 0 spiro atoms. The molecule has 0 radical (unpaired) electrons. The van der Waals surface area contributed by atoms with E-state index in [1.165, 1.54) is 30.3 Å². The van der Waals surface area contributed by atoms with Gasteiger partial charge in [0, 0.05) is 5.56 Å². The van der Waals surface area contributed by atoms with Gasteiger partial charge in [0.25, 0.3) is 11.8 Å². The number of phenols is 1. The van der Waals surface area contributed by atoms with Gasteiger partial charge in [-0.1, -0.05) is 30.9 Å². The Balaban J connectivity index is 2.00. The standard InChI is InChI=1S/C20H16N2O5/c1-2-11-27-17-6-4-3-5-13(17)12-16-18(24)21-20(26)22(19(16)25)14-7-9-15(23)10-8-14/h2-10,12,23H,1,11H2,(H,21,24,26). The molecule has 2 aromatic rings. The number of nitrogens with zero attached hydrogens (tertiary/aromatic N) is 1. The number of benzene rings is 2. The van der Waals surface area contributed by atoms with Gasteiger partial charge < -0.3 is 9.84 Å². The summed E-state index contributed by atoms with van der Waals surface area (Å²) in [5.74, 6) is -1.10. The molecule has 1 saturated heterocycles. The van der Waals surface area contributed by atoms with Gasteiger partial charge in [-0.3, -0.25) is 14.9 Å². The highest BCUT2D eigenvalue weighted by atomic mass is 16.5. The molecule has 4 amide bonds. The number of imide groups is 2. The number of anilines is 1. The van der Waals surface area contributed by atoms with Crippen LogP contribution in [0.1, 0.15) is 5.56 Å². The van der Waals surface area contributed by atoms with Crippen LogP contribution in [0.5, 0.6) is 11.5 Å². The summed E-state index contributed by atoms with van der Waals surface area (Å²) in [6, 6.07) is 11.5. The lowest BCUT2D eigenvalue weighted by Gasteiger charge is -2.26. The Hall–Kier alpha value is -3.87. The van der Waals surface area contributed by atoms with E-state index in [0.29, 0.717) is 11.3 Å². The summed E-state index contributed by atoms with van der Waals surface area (Å²) in [5.41, 5.74) is 0.528. The smallest absolute Gasteiger partial charge is 0.335 e. The summed E-state index contributed by atoms with van der Waals surface area (Å²) < 4.78 is 5.53. The van der Waals surface area contributed by atoms with Crippen molar-refractivity contribution in [2.75, 3.05) is 11.5 Å². The maximum Gasteiger partial charge on any atom is 0.335 e. The van der Waals surface area contributed by atoms with Crippen molar-refractivity contribution in [2.24, 2.45) is 0 Å². The highest BCUT2D eigenvalue weighted by Crippen LogP contribution is 2.26. The SMILES string of the molecule is C=CCOc1ccccc1C=C1C(=O)NC(=O)N(c2ccc(O)cc2)C1=O. The minimum Gasteiger partial charge on any atom is -0.508 e. The van der Waals surface area contributed by atoms with Crippen molar-refractivity contribution in [2.45, 2.75) is 0 Å². The molecular weight excluding hydrogens is 348 g/mol. The van der Waals surface area contributed by atoms with Crippen LogP contribution in [-0.2, 0) is 9.59 Å². The maximum absolute atomic E-state index is 12.8. The zero-order valence-corrected chi connectivity index (χ0v) is 14.2. The third-order valence-corrected chi connectivity index (χ3v) is 3.79. The number of amides is 4. The van der Waals surface area contributed by atoms with Crippen LogP contribution in [0, 0.1) is 0 Å². The minimum atomic E-state index is -0.857. The monoisotopic (exact) mass is 364 g/mol. The quantitative estimate of drug-likeness (QED) is 0.483. The van der Waals surface area contributed by atoms with Crippen LogP contribution in [-0.4, -0.2) is 29.6 Å². The molecule has 0 saturated carbocycles. The van der Waals surface area contributed by atoms with Gasteiger partial charge in [0.05, 0.1) is 5.69 Å². The summed E-state index contributed by atoms with van der Waals surface area (Å²) in [5, 5.41) is 11.5. The van der Waals surface area contributed by atoms with Crippen LogP contribution in [0.2, 0.25) is 0 Å². The summed E-state index contributed by atoms with van der Waals surface area (Å²) in [6.07, 6.45) is 2.95. The number of urea groups is 1. The molecule has 0 aromatic heterocycles. The van der Waals surface area contributed by atoms with Gasteiger partial charge in [0.2, 0.25) is 0 Å². The molecule has 0 bridgehead atoms. The number of nitrogens with one attached hydrogen (secondary N) is 1. The van der Waals surface area contributed by atoms with E-state index in [9.17, 15) is 19.5 Å². The fourth-order valence-corrected chi connectivity index (χ4v) is 2.53. The molecule has 1 fully saturated rings. The van der Waals surface area contributed by atoms with Gasteiger partial charge in [-0.15, -0.1) is 0 Å². The van der Waals surface area contributed by atoms with E-state index < -0.39 is 17.8 Å². The number of para-hydroxylation sites is 1. The normalized spacial score (nSPS) is 15.6. The number of hydrogen-bond acceptors (Lipinski definition) is 5. The Morgan fingerprint density at radius 1 is 1.07 bits per heavy atom. The highest BCUT2D eigenvalue weighted by molar-refractivity contribution is 6.39. The number of hydrogen-bond donors (Lipinski definition) is 2. The van der Waals surface area contributed by atoms with E-state index in [1.807, 2.05) is 0 Å². The number of carbonyl (C=O) groups is 3. The number of ether oxygens (including phenoxy) is 1. The van der Waals surface area contributed by atoms with Gasteiger partial charge >= 0.3 is 6.03 Å². The summed E-state index contributed by atoms with van der Waals surface area (Å²) in [6.45, 7) is 3.84. The third kappa shape index (κ3) is 3.72. The molecule has 0 aliphatic carbocycles. The molecule has 2 aromatic carbocycles. The number of phenolic OH excluding ortho intramolecular Hbond substituents is 1. The second kappa shape index (κ2) is 7.57. The van der Waals surface area contributed by atoms with Crippen LogP contribution in [0.3, 0.4) is 0 Å². The van der Waals surface area contributed by atoms with Gasteiger partial charge in [-0.25, -0.2) is 9.69 Å². The second-order valence-electron chi connectivity index (χ2n) is 5.61. The fourth-order valence-electron chi connectivity index (χ4n) is 2.53. The largest absolute Gasteiger partial charge is 0.508 e. The van der Waals surface area contributed by atoms with Crippen LogP contribution >= 0.6 is 0 Å². The van der Waals surface area contributed by atoms with Gasteiger partial charge in [0.1, 0.15) is 23.7 Å². The highest BCUT2D eigenvalue weighted by Gasteiger charge is 2.36. The lowest BCUT2D eigenvalue weighted by molar-refractivity contribution is -0.122. The molecule has 1 aliphatic rings. The van der Waals surface area contributed by atoms with Crippen LogP contribution < -0.4 is 15.0 Å². The first kappa shape index (κ1) is 17.9. The molecule has 3 rings (SSSR count). The second-order valence-corrected chi connectivity index (χ2v) is 5.61. The Morgan fingerprint density at radius 3 is 2.48 bits per heavy atom. The van der Waals surface area contributed by atoms with Gasteiger partial charge in [-0.2, -0.15) is 0 Å². The van der Waals surface area contributed by atoms with Crippen molar-refractivity contribution in [3.8, 4) is 11.5 Å². The molecule has 136 valence electrons. The zero-order valence-electron chi connectivity index (χ0n) is 14.2. The molecular formula is C20H16N2O5. The van der Waals surface area contributed by atoms with E-state index in [1.54, 1.807) is 30.3 Å². The van der Waals surface area contributed by atoms with Crippen molar-refractivity contribution < 1.29 is 24.2 Å². The molecule has 1 aliphatic heterocycles. The van der Waals surface area contributed by atoms with Crippen molar-refractivity contribution in [1.29, 1.82) is 0 Å². The van der Waals surface area contributed by atoms with E-state index in [4.69, 9.17) is 4.74 Å². The molecule has 27 heavy (non-hydrogen) atoms. The van der Waals surface area contributed by atoms with Crippen molar-refractivity contribution >= 4 is 29.6 Å². The fraction of sp³-hybridized carbons (Fsp3) is 0.0500. The van der Waals surface area contributed by atoms with Crippen LogP contribution in [0.25, 0.3) is 6.08 Å². The van der Waals surface area contributed by atoms with Gasteiger partial charge in [-0.05, 0) is 36.4 Å². The number of aromatic hydroxyl groups is 1. The average molecular weight is 364 g/mol. The first-order valence-corrected chi connectivity index (χ1v) is 8.04. The van der Waals surface area contributed by atoms with Crippen LogP contribution in [0.15, 0.2) is 66.8 Å². The topological polar surface area (TPSA) is 95.9 Å². The molecule has 2 N–H and O–H groups in total. The predicted molar refractivity (Wildman–Crippen MR) is 99.2 cm³/mol. The molecule has 7 heteroatoms. The molecule has 0 atom stereocenters. The Bertz CT molecular complexity index is 947. The van der Waals surface area contributed by atoms with Crippen LogP contribution in [0.4, 0.5) is 10.5 Å². The number of rotatable bonds is 5. The Morgan fingerprint density at radius 2 is 1.78 bits per heavy atom. The van der Waals surface area contributed by atoms with Crippen molar-refractivity contribution in [3.63, 3.8) is 0 Å². The maximum atomic E-state index is 12.8. The molecule has 0 unspecified atom stereocenters. The average Bonchev–Trinajstić information content (AvgIpc) is 2.65. The van der Waals surface area contributed by atoms with Crippen molar-refractivity contribution in [1.82, 2.24) is 5.32 Å². The number of carbonyl (C=O) groups excluding carboxylic acids is 3. The molecule has 7 nitrogen and oxygen atoms in total. The zero-order chi connectivity index (χ0) is 19.4. The lowest BCUT2D eigenvalue weighted by Crippen LogP contribution is -2.54. The molecule has 1 heterocycles. The first-order chi connectivity index (χ1) is 13.0. The van der Waals surface area contributed by atoms with E-state index >= 15 is 0 Å². The Labute approximate surface area is 155 Å². The van der Waals surface area contributed by atoms with Crippen molar-refractivity contribution in [3.05, 3.63) is 72.3 Å². The predicted octanol–water partition coefficient (Wildman–Crippen LogP) is 2.62. The first-order valence-electron chi connectivity index (χ1n) is 8.04. The third-order valence-electron chi connectivity index (χ3n) is 3.79. The summed E-state index contributed by atoms with van der Waals surface area (Å²) in [7, 11) is 0.